The zero-order valence-corrected chi connectivity index (χ0v) is 12.0. The van der Waals surface area contributed by atoms with E-state index in [0.717, 1.165) is 23.1 Å². The van der Waals surface area contributed by atoms with Gasteiger partial charge in [-0.05, 0) is 50.3 Å². The molecule has 0 atom stereocenters. The first-order valence-electron chi connectivity index (χ1n) is 6.64. The Hall–Kier alpha value is -1.64. The van der Waals surface area contributed by atoms with Gasteiger partial charge in [0.1, 0.15) is 5.41 Å². The highest BCUT2D eigenvalue weighted by Gasteiger charge is 2.52. The molecule has 0 bridgehead atoms. The summed E-state index contributed by atoms with van der Waals surface area (Å²) in [6.45, 7) is 5.97. The highest BCUT2D eigenvalue weighted by Crippen LogP contribution is 2.45. The number of ketones is 1. The van der Waals surface area contributed by atoms with Crippen molar-refractivity contribution in [1.82, 2.24) is 0 Å². The molecule has 1 saturated carbocycles. The van der Waals surface area contributed by atoms with Crippen LogP contribution in [0.25, 0.3) is 0 Å². The highest BCUT2D eigenvalue weighted by molar-refractivity contribution is 6.14. The van der Waals surface area contributed by atoms with Crippen LogP contribution >= 0.6 is 0 Å². The Morgan fingerprint density at radius 1 is 1.11 bits per heavy atom. The van der Waals surface area contributed by atoms with Gasteiger partial charge in [0.25, 0.3) is 0 Å². The third-order valence-corrected chi connectivity index (χ3v) is 4.52. The molecular formula is C16H20O3. The maximum absolute atomic E-state index is 12.7. The van der Waals surface area contributed by atoms with Crippen molar-refractivity contribution >= 4 is 11.8 Å². The third kappa shape index (κ3) is 1.97. The molecule has 3 nitrogen and oxygen atoms in total. The van der Waals surface area contributed by atoms with Gasteiger partial charge in [0.05, 0.1) is 7.11 Å². The Morgan fingerprint density at radius 2 is 1.74 bits per heavy atom. The van der Waals surface area contributed by atoms with Crippen LogP contribution in [0, 0.1) is 26.2 Å². The molecule has 1 aromatic carbocycles. The van der Waals surface area contributed by atoms with E-state index >= 15 is 0 Å². The number of carbonyl (C=O) groups excluding carboxylic acids is 2. The summed E-state index contributed by atoms with van der Waals surface area (Å²) in [6, 6.07) is 3.78. The Balaban J connectivity index is 2.45. The van der Waals surface area contributed by atoms with Gasteiger partial charge >= 0.3 is 5.97 Å². The van der Waals surface area contributed by atoms with Gasteiger partial charge in [-0.2, -0.15) is 0 Å². The van der Waals surface area contributed by atoms with Crippen LogP contribution in [0.2, 0.25) is 0 Å². The molecule has 0 radical (unpaired) electrons. The average Bonchev–Trinajstić information content (AvgIpc) is 2.34. The van der Waals surface area contributed by atoms with Crippen LogP contribution in [0.4, 0.5) is 0 Å². The van der Waals surface area contributed by atoms with E-state index in [-0.39, 0.29) is 11.8 Å². The Labute approximate surface area is 114 Å². The van der Waals surface area contributed by atoms with E-state index < -0.39 is 5.41 Å². The number of methoxy groups -OCH3 is 1. The Morgan fingerprint density at radius 3 is 2.21 bits per heavy atom. The molecule has 2 rings (SSSR count). The van der Waals surface area contributed by atoms with E-state index in [9.17, 15) is 9.59 Å². The van der Waals surface area contributed by atoms with Gasteiger partial charge in [-0.1, -0.05) is 18.6 Å². The van der Waals surface area contributed by atoms with E-state index in [1.165, 1.54) is 7.11 Å². The molecule has 0 heterocycles. The molecule has 1 aromatic rings. The van der Waals surface area contributed by atoms with Gasteiger partial charge in [0.15, 0.2) is 5.78 Å². The molecule has 102 valence electrons. The second kappa shape index (κ2) is 4.80. The van der Waals surface area contributed by atoms with Gasteiger partial charge in [-0.25, -0.2) is 0 Å². The number of carbonyl (C=O) groups is 2. The van der Waals surface area contributed by atoms with Crippen molar-refractivity contribution in [1.29, 1.82) is 0 Å². The van der Waals surface area contributed by atoms with Crippen molar-refractivity contribution in [3.05, 3.63) is 34.4 Å². The van der Waals surface area contributed by atoms with E-state index in [1.54, 1.807) is 0 Å². The molecule has 1 aliphatic carbocycles. The van der Waals surface area contributed by atoms with Crippen molar-refractivity contribution in [2.45, 2.75) is 40.0 Å². The number of hydrogen-bond donors (Lipinski definition) is 0. The summed E-state index contributed by atoms with van der Waals surface area (Å²) in [7, 11) is 1.35. The monoisotopic (exact) mass is 260 g/mol. The summed E-state index contributed by atoms with van der Waals surface area (Å²) in [4.78, 5) is 24.7. The first-order chi connectivity index (χ1) is 8.94. The quantitative estimate of drug-likeness (QED) is 0.476. The van der Waals surface area contributed by atoms with Crippen molar-refractivity contribution in [2.24, 2.45) is 5.41 Å². The summed E-state index contributed by atoms with van der Waals surface area (Å²) >= 11 is 0. The number of rotatable bonds is 3. The summed E-state index contributed by atoms with van der Waals surface area (Å²) in [6.07, 6.45) is 2.11. The maximum Gasteiger partial charge on any atom is 0.319 e. The molecule has 0 unspecified atom stereocenters. The van der Waals surface area contributed by atoms with Crippen LogP contribution in [0.1, 0.15) is 46.3 Å². The molecule has 1 aliphatic rings. The zero-order valence-electron chi connectivity index (χ0n) is 12.0. The van der Waals surface area contributed by atoms with Crippen LogP contribution in [-0.2, 0) is 9.53 Å². The standard InChI is InChI=1S/C16H20O3/c1-10-6-7-13(12(3)11(10)2)14(17)16(8-5-9-16)15(18)19-4/h6-7H,5,8-9H2,1-4H3. The molecule has 0 aromatic heterocycles. The topological polar surface area (TPSA) is 43.4 Å². The lowest BCUT2D eigenvalue weighted by Crippen LogP contribution is -2.46. The molecular weight excluding hydrogens is 240 g/mol. The fraction of sp³-hybridized carbons (Fsp3) is 0.500. The lowest BCUT2D eigenvalue weighted by atomic mass is 9.64. The fourth-order valence-electron chi connectivity index (χ4n) is 2.71. The normalized spacial score (nSPS) is 16.6. The van der Waals surface area contributed by atoms with Crippen LogP contribution < -0.4 is 0 Å². The summed E-state index contributed by atoms with van der Waals surface area (Å²) in [5.41, 5.74) is 2.98. The van der Waals surface area contributed by atoms with Crippen LogP contribution in [0.5, 0.6) is 0 Å². The maximum atomic E-state index is 12.7. The molecule has 0 spiro atoms. The van der Waals surface area contributed by atoms with Crippen LogP contribution in [0.15, 0.2) is 12.1 Å². The van der Waals surface area contributed by atoms with Crippen molar-refractivity contribution in [3.63, 3.8) is 0 Å². The minimum Gasteiger partial charge on any atom is -0.468 e. The highest BCUT2D eigenvalue weighted by atomic mass is 16.5. The average molecular weight is 260 g/mol. The second-order valence-electron chi connectivity index (χ2n) is 5.44. The van der Waals surface area contributed by atoms with Gasteiger partial charge in [-0.3, -0.25) is 9.59 Å². The zero-order chi connectivity index (χ0) is 14.2. The van der Waals surface area contributed by atoms with E-state index in [2.05, 4.69) is 0 Å². The molecule has 3 heteroatoms. The minimum absolute atomic E-state index is 0.0776. The first-order valence-corrected chi connectivity index (χ1v) is 6.64. The SMILES string of the molecule is COC(=O)C1(C(=O)c2ccc(C)c(C)c2C)CCC1. The molecule has 0 aliphatic heterocycles. The van der Waals surface area contributed by atoms with E-state index in [1.807, 2.05) is 32.9 Å². The first kappa shape index (κ1) is 13.8. The molecule has 1 fully saturated rings. The number of ether oxygens (including phenoxy) is 1. The number of hydrogen-bond acceptors (Lipinski definition) is 3. The molecule has 0 amide bonds. The van der Waals surface area contributed by atoms with E-state index in [0.29, 0.717) is 18.4 Å². The van der Waals surface area contributed by atoms with Gasteiger partial charge in [-0.15, -0.1) is 0 Å². The van der Waals surface area contributed by atoms with Gasteiger partial charge in [0, 0.05) is 5.56 Å². The summed E-state index contributed by atoms with van der Waals surface area (Å²) < 4.78 is 4.83. The largest absolute Gasteiger partial charge is 0.468 e. The van der Waals surface area contributed by atoms with Crippen molar-refractivity contribution in [2.75, 3.05) is 7.11 Å². The minimum atomic E-state index is -0.929. The second-order valence-corrected chi connectivity index (χ2v) is 5.44. The van der Waals surface area contributed by atoms with Gasteiger partial charge < -0.3 is 4.74 Å². The lowest BCUT2D eigenvalue weighted by Gasteiger charge is -2.37. The predicted octanol–water partition coefficient (Wildman–Crippen LogP) is 3.14. The third-order valence-electron chi connectivity index (χ3n) is 4.52. The molecule has 0 N–H and O–H groups in total. The summed E-state index contributed by atoms with van der Waals surface area (Å²) in [5.74, 6) is -0.465. The van der Waals surface area contributed by atoms with E-state index in [4.69, 9.17) is 4.74 Å². The fourth-order valence-corrected chi connectivity index (χ4v) is 2.71. The van der Waals surface area contributed by atoms with Crippen LogP contribution in [-0.4, -0.2) is 18.9 Å². The lowest BCUT2D eigenvalue weighted by molar-refractivity contribution is -0.153. The molecule has 19 heavy (non-hydrogen) atoms. The van der Waals surface area contributed by atoms with Crippen molar-refractivity contribution in [3.8, 4) is 0 Å². The predicted molar refractivity (Wildman–Crippen MR) is 73.3 cm³/mol. The van der Waals surface area contributed by atoms with Gasteiger partial charge in [0.2, 0.25) is 0 Å². The Kier molecular flexibility index (Phi) is 3.48. The number of Topliss-reactive ketones (excluding diaryl/α,β-unsaturated/α-hetero) is 1. The smallest absolute Gasteiger partial charge is 0.319 e. The number of esters is 1. The Bertz CT molecular complexity index is 539. The van der Waals surface area contributed by atoms with Crippen molar-refractivity contribution < 1.29 is 14.3 Å². The van der Waals surface area contributed by atoms with Crippen LogP contribution in [0.3, 0.4) is 0 Å². The summed E-state index contributed by atoms with van der Waals surface area (Å²) in [5, 5.41) is 0. The molecule has 0 saturated heterocycles. The number of aryl methyl sites for hydroxylation is 1. The number of benzene rings is 1.